The lowest BCUT2D eigenvalue weighted by Crippen LogP contribution is -2.16. The summed E-state index contributed by atoms with van der Waals surface area (Å²) >= 11 is 1.58. The fraction of sp³-hybridized carbons (Fsp3) is 0.350. The Morgan fingerprint density at radius 2 is 2.10 bits per heavy atom. The van der Waals surface area contributed by atoms with Gasteiger partial charge in [-0.25, -0.2) is 4.98 Å². The topological polar surface area (TPSA) is 118 Å². The standard InChI is InChI=1S/C20H20N4O4S/c1-11-8-12(10-13(9-11)24(27)28)21-17(25)7-6-16-22-19(26)18-14-4-2-3-5-15(14)29-20(18)23-16/h8-10H,2-7H2,1H3,(H,21,25)(H,22,23,26). The van der Waals surface area contributed by atoms with Crippen LogP contribution in [0.15, 0.2) is 23.0 Å². The molecule has 150 valence electrons. The molecule has 0 aliphatic heterocycles. The van der Waals surface area contributed by atoms with Crippen LogP contribution in [0.3, 0.4) is 0 Å². The molecule has 1 aliphatic rings. The van der Waals surface area contributed by atoms with Gasteiger partial charge in [-0.3, -0.25) is 19.7 Å². The number of hydrogen-bond donors (Lipinski definition) is 2. The molecule has 0 radical (unpaired) electrons. The lowest BCUT2D eigenvalue weighted by Gasteiger charge is -2.09. The van der Waals surface area contributed by atoms with E-state index < -0.39 is 4.92 Å². The van der Waals surface area contributed by atoms with Crippen molar-refractivity contribution in [2.24, 2.45) is 0 Å². The summed E-state index contributed by atoms with van der Waals surface area (Å²) in [5.74, 6) is 0.185. The number of nitro groups is 1. The second-order valence-corrected chi connectivity index (χ2v) is 8.35. The average molecular weight is 412 g/mol. The third-order valence-electron chi connectivity index (χ3n) is 5.02. The van der Waals surface area contributed by atoms with Gasteiger partial charge in [0, 0.05) is 35.5 Å². The van der Waals surface area contributed by atoms with Crippen molar-refractivity contribution >= 4 is 38.8 Å². The third kappa shape index (κ3) is 4.04. The Kier molecular flexibility index (Phi) is 5.14. The molecule has 2 N–H and O–H groups in total. The summed E-state index contributed by atoms with van der Waals surface area (Å²) in [6.45, 7) is 1.73. The number of rotatable bonds is 5. The number of benzene rings is 1. The Morgan fingerprint density at radius 3 is 2.90 bits per heavy atom. The number of hydrogen-bond acceptors (Lipinski definition) is 6. The SMILES string of the molecule is Cc1cc(NC(=O)CCc2nc3sc4c(c3c(=O)[nH]2)CCCC4)cc([N+](=O)[O-])c1. The summed E-state index contributed by atoms with van der Waals surface area (Å²) < 4.78 is 0. The Bertz CT molecular complexity index is 1180. The van der Waals surface area contributed by atoms with Crippen LogP contribution >= 0.6 is 11.3 Å². The quantitative estimate of drug-likeness (QED) is 0.490. The largest absolute Gasteiger partial charge is 0.326 e. The molecule has 1 aromatic carbocycles. The van der Waals surface area contributed by atoms with E-state index in [1.54, 1.807) is 24.3 Å². The Balaban J connectivity index is 1.48. The van der Waals surface area contributed by atoms with Crippen molar-refractivity contribution in [2.45, 2.75) is 45.4 Å². The van der Waals surface area contributed by atoms with Crippen LogP contribution < -0.4 is 10.9 Å². The highest BCUT2D eigenvalue weighted by Gasteiger charge is 2.20. The highest BCUT2D eigenvalue weighted by Crippen LogP contribution is 2.33. The van der Waals surface area contributed by atoms with Gasteiger partial charge in [-0.15, -0.1) is 11.3 Å². The van der Waals surface area contributed by atoms with E-state index in [-0.39, 0.29) is 30.0 Å². The first-order valence-corrected chi connectivity index (χ1v) is 10.3. The second kappa shape index (κ2) is 7.75. The van der Waals surface area contributed by atoms with E-state index in [0.29, 0.717) is 22.5 Å². The van der Waals surface area contributed by atoms with E-state index in [9.17, 15) is 19.7 Å². The molecule has 0 spiro atoms. The molecule has 0 fully saturated rings. The number of nitrogens with zero attached hydrogens (tertiary/aromatic N) is 2. The molecule has 9 heteroatoms. The maximum atomic E-state index is 12.6. The number of nitrogens with one attached hydrogen (secondary N) is 2. The van der Waals surface area contributed by atoms with Crippen LogP contribution in [0.25, 0.3) is 10.2 Å². The smallest absolute Gasteiger partial charge is 0.271 e. The summed E-state index contributed by atoms with van der Waals surface area (Å²) in [6, 6.07) is 4.45. The predicted molar refractivity (Wildman–Crippen MR) is 112 cm³/mol. The molecule has 0 unspecified atom stereocenters. The fourth-order valence-corrected chi connectivity index (χ4v) is 5.00. The summed E-state index contributed by atoms with van der Waals surface area (Å²) in [5, 5.41) is 14.3. The number of anilines is 1. The van der Waals surface area contributed by atoms with Crippen molar-refractivity contribution in [3.8, 4) is 0 Å². The molecule has 2 heterocycles. The number of amides is 1. The van der Waals surface area contributed by atoms with E-state index >= 15 is 0 Å². The number of aryl methyl sites for hydroxylation is 4. The van der Waals surface area contributed by atoms with Gasteiger partial charge < -0.3 is 10.3 Å². The molecule has 0 bridgehead atoms. The first kappa shape index (κ1) is 19.3. The Hall–Kier alpha value is -3.07. The van der Waals surface area contributed by atoms with Gasteiger partial charge in [0.05, 0.1) is 10.3 Å². The molecule has 1 aliphatic carbocycles. The molecule has 2 aromatic heterocycles. The predicted octanol–water partition coefficient (Wildman–Crippen LogP) is 3.65. The second-order valence-electron chi connectivity index (χ2n) is 7.27. The fourth-order valence-electron chi connectivity index (χ4n) is 3.72. The lowest BCUT2D eigenvalue weighted by atomic mass is 9.97. The number of carbonyl (C=O) groups excluding carboxylic acids is 1. The number of non-ortho nitro benzene ring substituents is 1. The van der Waals surface area contributed by atoms with Crippen molar-refractivity contribution < 1.29 is 9.72 Å². The number of aromatic nitrogens is 2. The number of carbonyl (C=O) groups is 1. The van der Waals surface area contributed by atoms with Gasteiger partial charge in [0.2, 0.25) is 5.91 Å². The molecule has 0 atom stereocenters. The number of thiophene rings is 1. The van der Waals surface area contributed by atoms with Crippen LogP contribution in [0.2, 0.25) is 0 Å². The van der Waals surface area contributed by atoms with Crippen LogP contribution in [0.1, 0.15) is 41.1 Å². The molecule has 1 amide bonds. The summed E-state index contributed by atoms with van der Waals surface area (Å²) in [6.07, 6.45) is 4.55. The van der Waals surface area contributed by atoms with Crippen LogP contribution in [0, 0.1) is 17.0 Å². The monoisotopic (exact) mass is 412 g/mol. The van der Waals surface area contributed by atoms with E-state index in [1.807, 2.05) is 0 Å². The Labute approximate surface area is 170 Å². The van der Waals surface area contributed by atoms with Gasteiger partial charge in [-0.1, -0.05) is 0 Å². The highest BCUT2D eigenvalue weighted by atomic mass is 32.1. The van der Waals surface area contributed by atoms with Crippen LogP contribution in [0.5, 0.6) is 0 Å². The Morgan fingerprint density at radius 1 is 1.31 bits per heavy atom. The molecular formula is C20H20N4O4S. The van der Waals surface area contributed by atoms with E-state index in [1.165, 1.54) is 17.0 Å². The summed E-state index contributed by atoms with van der Waals surface area (Å²) in [4.78, 5) is 44.7. The van der Waals surface area contributed by atoms with Crippen molar-refractivity contribution in [1.82, 2.24) is 9.97 Å². The minimum Gasteiger partial charge on any atom is -0.326 e. The molecule has 0 saturated carbocycles. The van der Waals surface area contributed by atoms with E-state index in [0.717, 1.165) is 36.1 Å². The van der Waals surface area contributed by atoms with Gasteiger partial charge in [-0.2, -0.15) is 0 Å². The highest BCUT2D eigenvalue weighted by molar-refractivity contribution is 7.18. The van der Waals surface area contributed by atoms with Gasteiger partial charge in [-0.05, 0) is 49.8 Å². The lowest BCUT2D eigenvalue weighted by molar-refractivity contribution is -0.384. The van der Waals surface area contributed by atoms with Crippen molar-refractivity contribution in [2.75, 3.05) is 5.32 Å². The van der Waals surface area contributed by atoms with E-state index in [2.05, 4.69) is 15.3 Å². The molecule has 3 aromatic rings. The summed E-state index contributed by atoms with van der Waals surface area (Å²) in [7, 11) is 0. The van der Waals surface area contributed by atoms with Crippen LogP contribution in [0.4, 0.5) is 11.4 Å². The molecule has 4 rings (SSSR count). The molecule has 8 nitrogen and oxygen atoms in total. The third-order valence-corrected chi connectivity index (χ3v) is 6.21. The zero-order valence-corrected chi connectivity index (χ0v) is 16.7. The van der Waals surface area contributed by atoms with E-state index in [4.69, 9.17) is 0 Å². The van der Waals surface area contributed by atoms with Gasteiger partial charge in [0.15, 0.2) is 0 Å². The first-order chi connectivity index (χ1) is 13.9. The van der Waals surface area contributed by atoms with Gasteiger partial charge in [0.25, 0.3) is 11.2 Å². The normalized spacial score (nSPS) is 13.3. The maximum Gasteiger partial charge on any atom is 0.271 e. The number of fused-ring (bicyclic) bond motifs is 3. The zero-order valence-electron chi connectivity index (χ0n) is 15.9. The minimum absolute atomic E-state index is 0.0709. The molecule has 29 heavy (non-hydrogen) atoms. The van der Waals surface area contributed by atoms with Crippen molar-refractivity contribution in [3.05, 3.63) is 60.5 Å². The number of aromatic amines is 1. The first-order valence-electron chi connectivity index (χ1n) is 9.50. The minimum atomic E-state index is -0.493. The van der Waals surface area contributed by atoms with Crippen molar-refractivity contribution in [1.29, 1.82) is 0 Å². The zero-order chi connectivity index (χ0) is 20.5. The molecular weight excluding hydrogens is 392 g/mol. The average Bonchev–Trinajstić information content (AvgIpc) is 3.04. The summed E-state index contributed by atoms with van der Waals surface area (Å²) in [5.41, 5.74) is 1.99. The van der Waals surface area contributed by atoms with Gasteiger partial charge >= 0.3 is 0 Å². The number of nitro benzene ring substituents is 1. The maximum absolute atomic E-state index is 12.6. The van der Waals surface area contributed by atoms with Gasteiger partial charge in [0.1, 0.15) is 10.7 Å². The molecule has 0 saturated heterocycles. The van der Waals surface area contributed by atoms with Crippen molar-refractivity contribution in [3.63, 3.8) is 0 Å². The number of H-pyrrole nitrogens is 1. The van der Waals surface area contributed by atoms with Crippen LogP contribution in [-0.2, 0) is 24.1 Å². The van der Waals surface area contributed by atoms with Crippen LogP contribution in [-0.4, -0.2) is 20.8 Å².